The van der Waals surface area contributed by atoms with Crippen molar-refractivity contribution in [3.63, 3.8) is 0 Å². The summed E-state index contributed by atoms with van der Waals surface area (Å²) in [6, 6.07) is 5.14. The molecule has 0 saturated heterocycles. The standard InChI is InChI=1S/C11H11BrO3/c1-2-10(13)7-4-3-5-9(12)8(7)6-11(14)15/h3-5H,2,6H2,1H3,(H,14,15). The Kier molecular flexibility index (Phi) is 4.03. The summed E-state index contributed by atoms with van der Waals surface area (Å²) in [5.74, 6) is -0.973. The molecule has 0 aromatic heterocycles. The molecule has 80 valence electrons. The van der Waals surface area contributed by atoms with Crippen LogP contribution in [0.5, 0.6) is 0 Å². The van der Waals surface area contributed by atoms with Gasteiger partial charge < -0.3 is 5.11 Å². The van der Waals surface area contributed by atoms with Gasteiger partial charge in [-0.05, 0) is 11.6 Å². The van der Waals surface area contributed by atoms with E-state index in [-0.39, 0.29) is 12.2 Å². The summed E-state index contributed by atoms with van der Waals surface area (Å²) < 4.78 is 0.671. The molecule has 0 heterocycles. The van der Waals surface area contributed by atoms with E-state index in [0.717, 1.165) is 0 Å². The van der Waals surface area contributed by atoms with Gasteiger partial charge in [-0.1, -0.05) is 35.0 Å². The number of benzene rings is 1. The number of carbonyl (C=O) groups is 2. The Labute approximate surface area is 96.2 Å². The van der Waals surface area contributed by atoms with Gasteiger partial charge in [0.2, 0.25) is 0 Å². The van der Waals surface area contributed by atoms with Crippen LogP contribution in [0.25, 0.3) is 0 Å². The van der Waals surface area contributed by atoms with E-state index < -0.39 is 5.97 Å². The molecular weight excluding hydrogens is 260 g/mol. The number of carboxylic acid groups (broad SMARTS) is 1. The molecule has 15 heavy (non-hydrogen) atoms. The Hall–Kier alpha value is -1.16. The number of rotatable bonds is 4. The van der Waals surface area contributed by atoms with Crippen molar-refractivity contribution >= 4 is 27.7 Å². The van der Waals surface area contributed by atoms with Gasteiger partial charge in [0.05, 0.1) is 6.42 Å². The van der Waals surface area contributed by atoms with Crippen molar-refractivity contribution < 1.29 is 14.7 Å². The first-order valence-corrected chi connectivity index (χ1v) is 5.38. The van der Waals surface area contributed by atoms with Crippen LogP contribution in [0.4, 0.5) is 0 Å². The van der Waals surface area contributed by atoms with E-state index in [2.05, 4.69) is 15.9 Å². The molecule has 0 atom stereocenters. The maximum Gasteiger partial charge on any atom is 0.307 e. The fraction of sp³-hybridized carbons (Fsp3) is 0.273. The number of ketones is 1. The molecule has 0 fully saturated rings. The zero-order valence-corrected chi connectivity index (χ0v) is 9.87. The minimum absolute atomic E-state index is 0.0347. The summed E-state index contributed by atoms with van der Waals surface area (Å²) in [7, 11) is 0. The summed E-state index contributed by atoms with van der Waals surface area (Å²) >= 11 is 3.26. The SMILES string of the molecule is CCC(=O)c1cccc(Br)c1CC(=O)O. The lowest BCUT2D eigenvalue weighted by Gasteiger charge is -2.07. The monoisotopic (exact) mass is 270 g/mol. The van der Waals surface area contributed by atoms with Crippen molar-refractivity contribution in [2.75, 3.05) is 0 Å². The average molecular weight is 271 g/mol. The van der Waals surface area contributed by atoms with Gasteiger partial charge in [0.1, 0.15) is 0 Å². The van der Waals surface area contributed by atoms with Gasteiger partial charge in [0.15, 0.2) is 5.78 Å². The highest BCUT2D eigenvalue weighted by molar-refractivity contribution is 9.10. The van der Waals surface area contributed by atoms with Crippen LogP contribution in [0.2, 0.25) is 0 Å². The first kappa shape index (κ1) is 11.9. The van der Waals surface area contributed by atoms with Crippen LogP contribution in [-0.2, 0) is 11.2 Å². The summed E-state index contributed by atoms with van der Waals surface area (Å²) in [5.41, 5.74) is 1.05. The predicted octanol–water partition coefficient (Wildman–Crippen LogP) is 2.67. The van der Waals surface area contributed by atoms with Gasteiger partial charge in [0, 0.05) is 16.5 Å². The van der Waals surface area contributed by atoms with Crippen LogP contribution in [0, 0.1) is 0 Å². The quantitative estimate of drug-likeness (QED) is 0.856. The second kappa shape index (κ2) is 5.07. The first-order valence-electron chi connectivity index (χ1n) is 4.58. The largest absolute Gasteiger partial charge is 0.481 e. The van der Waals surface area contributed by atoms with Gasteiger partial charge >= 0.3 is 5.97 Å². The van der Waals surface area contributed by atoms with Gasteiger partial charge in [-0.25, -0.2) is 0 Å². The summed E-state index contributed by atoms with van der Waals surface area (Å²) in [4.78, 5) is 22.2. The second-order valence-electron chi connectivity index (χ2n) is 3.11. The van der Waals surface area contributed by atoms with Gasteiger partial charge in [-0.3, -0.25) is 9.59 Å². The fourth-order valence-corrected chi connectivity index (χ4v) is 1.85. The third-order valence-electron chi connectivity index (χ3n) is 2.07. The minimum atomic E-state index is -0.938. The molecule has 1 rings (SSSR count). The molecule has 0 saturated carbocycles. The van der Waals surface area contributed by atoms with E-state index in [1.165, 1.54) is 0 Å². The highest BCUT2D eigenvalue weighted by atomic mass is 79.9. The normalized spacial score (nSPS) is 10.0. The van der Waals surface area contributed by atoms with Crippen LogP contribution < -0.4 is 0 Å². The van der Waals surface area contributed by atoms with Crippen molar-refractivity contribution in [1.82, 2.24) is 0 Å². The molecule has 0 aliphatic heterocycles. The highest BCUT2D eigenvalue weighted by Crippen LogP contribution is 2.22. The molecule has 0 bridgehead atoms. The smallest absolute Gasteiger partial charge is 0.307 e. The number of hydrogen-bond donors (Lipinski definition) is 1. The van der Waals surface area contributed by atoms with Crippen molar-refractivity contribution in [3.8, 4) is 0 Å². The molecule has 1 aromatic carbocycles. The van der Waals surface area contributed by atoms with Gasteiger partial charge in [-0.2, -0.15) is 0 Å². The van der Waals surface area contributed by atoms with E-state index in [1.807, 2.05) is 0 Å². The molecule has 0 unspecified atom stereocenters. The Balaban J connectivity index is 3.19. The number of aliphatic carboxylic acids is 1. The van der Waals surface area contributed by atoms with E-state index in [9.17, 15) is 9.59 Å². The minimum Gasteiger partial charge on any atom is -0.481 e. The summed E-state index contributed by atoms with van der Waals surface area (Å²) in [6.07, 6.45) is 0.242. The lowest BCUT2D eigenvalue weighted by molar-refractivity contribution is -0.136. The third kappa shape index (κ3) is 2.89. The van der Waals surface area contributed by atoms with Crippen molar-refractivity contribution in [2.45, 2.75) is 19.8 Å². The zero-order valence-electron chi connectivity index (χ0n) is 8.29. The maximum absolute atomic E-state index is 11.6. The Morgan fingerprint density at radius 1 is 1.40 bits per heavy atom. The van der Waals surface area contributed by atoms with Crippen molar-refractivity contribution in [1.29, 1.82) is 0 Å². The molecule has 0 radical (unpaired) electrons. The topological polar surface area (TPSA) is 54.4 Å². The number of carboxylic acids is 1. The molecule has 0 aliphatic carbocycles. The molecule has 1 aromatic rings. The number of Topliss-reactive ketones (excluding diaryl/α,β-unsaturated/α-hetero) is 1. The number of hydrogen-bond acceptors (Lipinski definition) is 2. The van der Waals surface area contributed by atoms with Gasteiger partial charge in [0.25, 0.3) is 0 Å². The summed E-state index contributed by atoms with van der Waals surface area (Å²) in [6.45, 7) is 1.76. The molecule has 4 heteroatoms. The van der Waals surface area contributed by atoms with Crippen molar-refractivity contribution in [3.05, 3.63) is 33.8 Å². The number of halogens is 1. The first-order chi connectivity index (χ1) is 7.06. The molecule has 3 nitrogen and oxygen atoms in total. The van der Waals surface area contributed by atoms with Crippen LogP contribution >= 0.6 is 15.9 Å². The lowest BCUT2D eigenvalue weighted by Crippen LogP contribution is -2.08. The summed E-state index contributed by atoms with van der Waals surface area (Å²) in [5, 5.41) is 8.74. The van der Waals surface area contributed by atoms with Crippen molar-refractivity contribution in [2.24, 2.45) is 0 Å². The average Bonchev–Trinajstić information content (AvgIpc) is 2.19. The molecule has 1 N–H and O–H groups in total. The Morgan fingerprint density at radius 3 is 2.60 bits per heavy atom. The Morgan fingerprint density at radius 2 is 2.07 bits per heavy atom. The molecule has 0 amide bonds. The van der Waals surface area contributed by atoms with Crippen LogP contribution in [0.3, 0.4) is 0 Å². The maximum atomic E-state index is 11.6. The molecule has 0 spiro atoms. The molecular formula is C11H11BrO3. The van der Waals surface area contributed by atoms with Crippen LogP contribution in [0.1, 0.15) is 29.3 Å². The van der Waals surface area contributed by atoms with E-state index in [4.69, 9.17) is 5.11 Å². The fourth-order valence-electron chi connectivity index (χ4n) is 1.34. The second-order valence-corrected chi connectivity index (χ2v) is 3.97. The van der Waals surface area contributed by atoms with Crippen LogP contribution in [0.15, 0.2) is 22.7 Å². The third-order valence-corrected chi connectivity index (χ3v) is 2.81. The Bertz CT molecular complexity index is 399. The number of carbonyl (C=O) groups excluding carboxylic acids is 1. The van der Waals surface area contributed by atoms with E-state index in [1.54, 1.807) is 25.1 Å². The van der Waals surface area contributed by atoms with E-state index in [0.29, 0.717) is 22.0 Å². The van der Waals surface area contributed by atoms with E-state index >= 15 is 0 Å². The van der Waals surface area contributed by atoms with Gasteiger partial charge in [-0.15, -0.1) is 0 Å². The predicted molar refractivity (Wildman–Crippen MR) is 60.1 cm³/mol. The lowest BCUT2D eigenvalue weighted by atomic mass is 10.00. The van der Waals surface area contributed by atoms with Crippen LogP contribution in [-0.4, -0.2) is 16.9 Å². The molecule has 0 aliphatic rings. The zero-order chi connectivity index (χ0) is 11.4. The highest BCUT2D eigenvalue weighted by Gasteiger charge is 2.14.